The lowest BCUT2D eigenvalue weighted by molar-refractivity contribution is -0.107. The van der Waals surface area contributed by atoms with Gasteiger partial charge in [-0.3, -0.25) is 0 Å². The molecule has 1 saturated carbocycles. The van der Waals surface area contributed by atoms with Crippen molar-refractivity contribution in [2.24, 2.45) is 5.92 Å². The predicted molar refractivity (Wildman–Crippen MR) is 43.2 cm³/mol. The highest BCUT2D eigenvalue weighted by Crippen LogP contribution is 2.37. The largest absolute Gasteiger partial charge is 0.412 e. The minimum atomic E-state index is -4.36. The minimum Gasteiger partial charge on any atom is -0.393 e. The van der Waals surface area contributed by atoms with Crippen molar-refractivity contribution in [1.82, 2.24) is 0 Å². The maximum atomic E-state index is 12.2. The highest BCUT2D eigenvalue weighted by atomic mass is 19.4. The van der Waals surface area contributed by atoms with Crippen LogP contribution in [0.4, 0.5) is 13.2 Å². The summed E-state index contributed by atoms with van der Waals surface area (Å²) >= 11 is 0. The van der Waals surface area contributed by atoms with Gasteiger partial charge in [0, 0.05) is 11.5 Å². The molecule has 4 heteroatoms. The van der Waals surface area contributed by atoms with E-state index in [4.69, 9.17) is 0 Å². The minimum absolute atomic E-state index is 0.402. The standard InChI is InChI=1S/C9H13F3O/c1-6(9(10,11)12)7-4-2-3-5-8(7)13/h7-8,13H,1-5H2/t7-,8+/m1/s1. The van der Waals surface area contributed by atoms with Gasteiger partial charge in [0.25, 0.3) is 0 Å². The van der Waals surface area contributed by atoms with E-state index in [1.165, 1.54) is 0 Å². The van der Waals surface area contributed by atoms with Crippen LogP contribution in [0.5, 0.6) is 0 Å². The molecule has 0 bridgehead atoms. The van der Waals surface area contributed by atoms with Gasteiger partial charge in [0.1, 0.15) is 0 Å². The third-order valence-electron chi connectivity index (χ3n) is 2.54. The van der Waals surface area contributed by atoms with Gasteiger partial charge in [0.2, 0.25) is 0 Å². The summed E-state index contributed by atoms with van der Waals surface area (Å²) in [5.41, 5.74) is -0.778. The zero-order chi connectivity index (χ0) is 10.1. The Labute approximate surface area is 75.3 Å². The molecule has 2 atom stereocenters. The van der Waals surface area contributed by atoms with Crippen LogP contribution >= 0.6 is 0 Å². The summed E-state index contributed by atoms with van der Waals surface area (Å²) < 4.78 is 36.6. The topological polar surface area (TPSA) is 20.2 Å². The molecule has 1 fully saturated rings. The van der Waals surface area contributed by atoms with Gasteiger partial charge in [0.15, 0.2) is 0 Å². The fourth-order valence-corrected chi connectivity index (χ4v) is 1.73. The molecule has 0 aromatic rings. The lowest BCUT2D eigenvalue weighted by Gasteiger charge is -2.29. The SMILES string of the molecule is C=C([C@H]1CCCC[C@@H]1O)C(F)(F)F. The molecule has 1 rings (SSSR count). The fourth-order valence-electron chi connectivity index (χ4n) is 1.73. The van der Waals surface area contributed by atoms with Gasteiger partial charge >= 0.3 is 6.18 Å². The maximum absolute atomic E-state index is 12.2. The Morgan fingerprint density at radius 2 is 1.77 bits per heavy atom. The Balaban J connectivity index is 2.64. The molecule has 1 nitrogen and oxygen atoms in total. The molecular formula is C9H13F3O. The molecule has 0 radical (unpaired) electrons. The van der Waals surface area contributed by atoms with Crippen LogP contribution < -0.4 is 0 Å². The van der Waals surface area contributed by atoms with Crippen molar-refractivity contribution in [3.05, 3.63) is 12.2 Å². The van der Waals surface area contributed by atoms with E-state index in [1.54, 1.807) is 0 Å². The summed E-state index contributed by atoms with van der Waals surface area (Å²) in [7, 11) is 0. The highest BCUT2D eigenvalue weighted by Gasteiger charge is 2.40. The molecule has 0 heterocycles. The van der Waals surface area contributed by atoms with E-state index in [2.05, 4.69) is 6.58 Å². The molecular weight excluding hydrogens is 181 g/mol. The second-order valence-corrected chi connectivity index (χ2v) is 3.48. The first kappa shape index (κ1) is 10.6. The third kappa shape index (κ3) is 2.46. The Kier molecular flexibility index (Phi) is 3.01. The van der Waals surface area contributed by atoms with Gasteiger partial charge in [-0.25, -0.2) is 0 Å². The van der Waals surface area contributed by atoms with Crippen LogP contribution in [0.2, 0.25) is 0 Å². The van der Waals surface area contributed by atoms with Crippen molar-refractivity contribution < 1.29 is 18.3 Å². The summed E-state index contributed by atoms with van der Waals surface area (Å²) in [5.74, 6) is -0.784. The Bertz CT molecular complexity index is 198. The predicted octanol–water partition coefficient (Wildman–Crippen LogP) is 2.66. The summed E-state index contributed by atoms with van der Waals surface area (Å²) in [6, 6.07) is 0. The summed E-state index contributed by atoms with van der Waals surface area (Å²) in [5, 5.41) is 9.34. The molecule has 1 N–H and O–H groups in total. The number of aliphatic hydroxyl groups excluding tert-OH is 1. The average Bonchev–Trinajstić information content (AvgIpc) is 2.02. The molecule has 1 aliphatic carbocycles. The second kappa shape index (κ2) is 3.70. The van der Waals surface area contributed by atoms with Gasteiger partial charge < -0.3 is 5.11 Å². The zero-order valence-corrected chi connectivity index (χ0v) is 7.27. The molecule has 0 saturated heterocycles. The van der Waals surface area contributed by atoms with Crippen molar-refractivity contribution >= 4 is 0 Å². The van der Waals surface area contributed by atoms with E-state index in [0.717, 1.165) is 12.8 Å². The third-order valence-corrected chi connectivity index (χ3v) is 2.54. The normalized spacial score (nSPS) is 30.2. The monoisotopic (exact) mass is 194 g/mol. The molecule has 0 aliphatic heterocycles. The quantitative estimate of drug-likeness (QED) is 0.636. The summed E-state index contributed by atoms with van der Waals surface area (Å²) in [4.78, 5) is 0. The molecule has 0 spiro atoms. The molecule has 76 valence electrons. The van der Waals surface area contributed by atoms with Gasteiger partial charge in [-0.1, -0.05) is 19.4 Å². The van der Waals surface area contributed by atoms with Crippen LogP contribution in [0, 0.1) is 5.92 Å². The fraction of sp³-hybridized carbons (Fsp3) is 0.778. The van der Waals surface area contributed by atoms with Crippen molar-refractivity contribution in [1.29, 1.82) is 0 Å². The Morgan fingerprint density at radius 3 is 2.23 bits per heavy atom. The van der Waals surface area contributed by atoms with Crippen molar-refractivity contribution in [2.75, 3.05) is 0 Å². The van der Waals surface area contributed by atoms with E-state index in [-0.39, 0.29) is 0 Å². The van der Waals surface area contributed by atoms with Crippen LogP contribution in [0.15, 0.2) is 12.2 Å². The zero-order valence-electron chi connectivity index (χ0n) is 7.27. The van der Waals surface area contributed by atoms with E-state index in [0.29, 0.717) is 12.8 Å². The molecule has 0 aromatic heterocycles. The number of rotatable bonds is 1. The highest BCUT2D eigenvalue weighted by molar-refractivity contribution is 5.10. The second-order valence-electron chi connectivity index (χ2n) is 3.48. The van der Waals surface area contributed by atoms with Crippen LogP contribution in [0.3, 0.4) is 0 Å². The average molecular weight is 194 g/mol. The van der Waals surface area contributed by atoms with Crippen molar-refractivity contribution in [3.63, 3.8) is 0 Å². The first-order valence-electron chi connectivity index (χ1n) is 4.37. The first-order chi connectivity index (χ1) is 5.93. The van der Waals surface area contributed by atoms with E-state index < -0.39 is 23.8 Å². The number of hydrogen-bond acceptors (Lipinski definition) is 1. The molecule has 0 unspecified atom stereocenters. The maximum Gasteiger partial charge on any atom is 0.412 e. The van der Waals surface area contributed by atoms with Gasteiger partial charge in [-0.05, 0) is 12.8 Å². The van der Waals surface area contributed by atoms with Gasteiger partial charge in [0.05, 0.1) is 6.10 Å². The van der Waals surface area contributed by atoms with Crippen LogP contribution in [0.25, 0.3) is 0 Å². The van der Waals surface area contributed by atoms with Crippen LogP contribution in [-0.4, -0.2) is 17.4 Å². The Morgan fingerprint density at radius 1 is 1.23 bits per heavy atom. The van der Waals surface area contributed by atoms with E-state index >= 15 is 0 Å². The van der Waals surface area contributed by atoms with Crippen LogP contribution in [0.1, 0.15) is 25.7 Å². The number of hydrogen-bond donors (Lipinski definition) is 1. The van der Waals surface area contributed by atoms with Gasteiger partial charge in [-0.15, -0.1) is 0 Å². The first-order valence-corrected chi connectivity index (χ1v) is 4.37. The molecule has 13 heavy (non-hydrogen) atoms. The summed E-state index contributed by atoms with van der Waals surface area (Å²) in [6.45, 7) is 3.02. The number of alkyl halides is 3. The van der Waals surface area contributed by atoms with Crippen molar-refractivity contribution in [3.8, 4) is 0 Å². The molecule has 0 amide bonds. The molecule has 0 aromatic carbocycles. The lowest BCUT2D eigenvalue weighted by atomic mass is 9.82. The van der Waals surface area contributed by atoms with E-state index in [9.17, 15) is 18.3 Å². The number of aliphatic hydroxyl groups is 1. The Hall–Kier alpha value is -0.510. The van der Waals surface area contributed by atoms with E-state index in [1.807, 2.05) is 0 Å². The van der Waals surface area contributed by atoms with Gasteiger partial charge in [-0.2, -0.15) is 13.2 Å². The smallest absolute Gasteiger partial charge is 0.393 e. The number of halogens is 3. The van der Waals surface area contributed by atoms with Crippen molar-refractivity contribution in [2.45, 2.75) is 38.0 Å². The lowest BCUT2D eigenvalue weighted by Crippen LogP contribution is -2.31. The molecule has 1 aliphatic rings. The van der Waals surface area contributed by atoms with Crippen LogP contribution in [-0.2, 0) is 0 Å². The summed E-state index contributed by atoms with van der Waals surface area (Å²) in [6.07, 6.45) is -2.80.